The van der Waals surface area contributed by atoms with Crippen LogP contribution in [0.4, 0.5) is 0 Å². The van der Waals surface area contributed by atoms with E-state index in [-0.39, 0.29) is 34.9 Å². The van der Waals surface area contributed by atoms with E-state index in [4.69, 9.17) is 9.31 Å². The molecule has 2 aliphatic rings. The van der Waals surface area contributed by atoms with E-state index in [0.717, 1.165) is 0 Å². The van der Waals surface area contributed by atoms with Crippen LogP contribution in [0.15, 0.2) is 12.2 Å². The quantitative estimate of drug-likeness (QED) is 0.595. The summed E-state index contributed by atoms with van der Waals surface area (Å²) in [7, 11) is -2.04. The van der Waals surface area contributed by atoms with Gasteiger partial charge >= 0.3 is 7.12 Å². The van der Waals surface area contributed by atoms with E-state index < -0.39 is 8.07 Å². The Bertz CT molecular complexity index is 469. The van der Waals surface area contributed by atoms with Crippen LogP contribution in [-0.2, 0) is 9.31 Å². The summed E-state index contributed by atoms with van der Waals surface area (Å²) in [5.41, 5.74) is -0.607. The third kappa shape index (κ3) is 2.88. The topological polar surface area (TPSA) is 38.7 Å². The van der Waals surface area contributed by atoms with Crippen LogP contribution in [0, 0.1) is 5.92 Å². The highest BCUT2D eigenvalue weighted by Crippen LogP contribution is 2.64. The molecule has 4 unspecified atom stereocenters. The zero-order valence-electron chi connectivity index (χ0n) is 16.4. The van der Waals surface area contributed by atoms with Gasteiger partial charge in [-0.1, -0.05) is 52.9 Å². The molecule has 132 valence electrons. The average Bonchev–Trinajstić information content (AvgIpc) is 2.69. The maximum absolute atomic E-state index is 10.9. The molecule has 1 heterocycles. The molecule has 0 spiro atoms. The van der Waals surface area contributed by atoms with E-state index >= 15 is 0 Å². The first kappa shape index (κ1) is 19.2. The first-order valence-corrected chi connectivity index (χ1v) is 12.1. The minimum Gasteiger partial charge on any atom is -0.402 e. The van der Waals surface area contributed by atoms with Crippen LogP contribution in [0.3, 0.4) is 0 Å². The van der Waals surface area contributed by atoms with Crippen molar-refractivity contribution in [2.75, 3.05) is 0 Å². The molecule has 0 aromatic rings. The second-order valence-electron chi connectivity index (χ2n) is 9.45. The summed E-state index contributed by atoms with van der Waals surface area (Å²) in [6.45, 7) is 19.8. The fourth-order valence-corrected chi connectivity index (χ4v) is 5.54. The highest BCUT2D eigenvalue weighted by molar-refractivity contribution is 6.81. The van der Waals surface area contributed by atoms with Crippen LogP contribution in [0.1, 0.15) is 54.9 Å². The van der Waals surface area contributed by atoms with E-state index in [1.807, 2.05) is 13.0 Å². The highest BCUT2D eigenvalue weighted by atomic mass is 28.3. The predicted octanol–water partition coefficient (Wildman–Crippen LogP) is 4.43. The number of hydrogen-bond donors (Lipinski definition) is 1. The molecule has 3 nitrogen and oxygen atoms in total. The minimum absolute atomic E-state index is 0.109. The standard InChI is InChI=1S/C18H35BO3Si/c1-10-11-14(12-15(20)23(8,9)16(3,4)5)19-21-17(6)13(2)18(17,7)22-19/h10-11,13-15,20H,12H2,1-9H3/b11-10-. The normalized spacial score (nSPS) is 37.1. The Kier molecular flexibility index (Phi) is 4.78. The van der Waals surface area contributed by atoms with E-state index in [1.54, 1.807) is 0 Å². The van der Waals surface area contributed by atoms with Gasteiger partial charge in [-0.25, -0.2) is 0 Å². The molecular formula is C18H35BO3Si. The third-order valence-corrected chi connectivity index (χ3v) is 13.1. The molecule has 0 bridgehead atoms. The summed E-state index contributed by atoms with van der Waals surface area (Å²) in [6, 6.07) is 0. The Morgan fingerprint density at radius 2 is 1.70 bits per heavy atom. The predicted molar refractivity (Wildman–Crippen MR) is 100 cm³/mol. The molecular weight excluding hydrogens is 303 g/mol. The van der Waals surface area contributed by atoms with Gasteiger partial charge in [0.1, 0.15) is 0 Å². The lowest BCUT2D eigenvalue weighted by Gasteiger charge is -2.41. The van der Waals surface area contributed by atoms with Gasteiger partial charge in [-0.3, -0.25) is 0 Å². The highest BCUT2D eigenvalue weighted by Gasteiger charge is 2.77. The van der Waals surface area contributed by atoms with E-state index in [1.165, 1.54) is 0 Å². The monoisotopic (exact) mass is 338 g/mol. The summed E-state index contributed by atoms with van der Waals surface area (Å²) in [5.74, 6) is 0.542. The first-order chi connectivity index (χ1) is 10.3. The molecule has 4 atom stereocenters. The first-order valence-electron chi connectivity index (χ1n) is 8.98. The summed E-state index contributed by atoms with van der Waals surface area (Å²) in [6.07, 6.45) is 4.91. The third-order valence-electron chi connectivity index (χ3n) is 7.33. The summed E-state index contributed by atoms with van der Waals surface area (Å²) < 4.78 is 12.6. The number of rotatable bonds is 5. The second kappa shape index (κ2) is 5.72. The number of hydrogen-bond acceptors (Lipinski definition) is 3. The van der Waals surface area contributed by atoms with Crippen molar-refractivity contribution in [2.24, 2.45) is 5.92 Å². The number of aliphatic hydroxyl groups excluding tert-OH is 1. The molecule has 0 radical (unpaired) electrons. The van der Waals surface area contributed by atoms with Crippen molar-refractivity contribution in [2.45, 2.75) is 95.8 Å². The van der Waals surface area contributed by atoms with Gasteiger partial charge in [-0.05, 0) is 32.2 Å². The zero-order valence-corrected chi connectivity index (χ0v) is 17.4. The molecule has 1 aliphatic carbocycles. The molecule has 2 rings (SSSR count). The molecule has 0 aromatic heterocycles. The molecule has 23 heavy (non-hydrogen) atoms. The Labute approximate surface area is 144 Å². The summed E-state index contributed by atoms with van der Waals surface area (Å²) in [5, 5.41) is 11.1. The maximum Gasteiger partial charge on any atom is 0.465 e. The Balaban J connectivity index is 2.10. The van der Waals surface area contributed by atoms with E-state index in [2.05, 4.69) is 60.7 Å². The number of fused-ring (bicyclic) bond motifs is 1. The number of aliphatic hydroxyl groups is 1. The molecule has 1 aliphatic heterocycles. The smallest absolute Gasteiger partial charge is 0.402 e. The van der Waals surface area contributed by atoms with Gasteiger partial charge in [-0.15, -0.1) is 0 Å². The Hall–Kier alpha value is -0.0982. The molecule has 1 saturated carbocycles. The van der Waals surface area contributed by atoms with Crippen LogP contribution in [0.5, 0.6) is 0 Å². The van der Waals surface area contributed by atoms with Crippen LogP contribution in [0.25, 0.3) is 0 Å². The Morgan fingerprint density at radius 3 is 2.09 bits per heavy atom. The van der Waals surface area contributed by atoms with Crippen LogP contribution in [0.2, 0.25) is 23.9 Å². The van der Waals surface area contributed by atoms with E-state index in [9.17, 15) is 5.11 Å². The van der Waals surface area contributed by atoms with Crippen molar-refractivity contribution in [3.8, 4) is 0 Å². The lowest BCUT2D eigenvalue weighted by molar-refractivity contribution is 0.175. The fourth-order valence-electron chi connectivity index (χ4n) is 3.68. The van der Waals surface area contributed by atoms with Crippen molar-refractivity contribution >= 4 is 15.2 Å². The largest absolute Gasteiger partial charge is 0.465 e. The van der Waals surface area contributed by atoms with Crippen molar-refractivity contribution in [1.29, 1.82) is 0 Å². The second-order valence-corrected chi connectivity index (χ2v) is 15.1. The van der Waals surface area contributed by atoms with Gasteiger partial charge in [0.2, 0.25) is 0 Å². The maximum atomic E-state index is 10.9. The van der Waals surface area contributed by atoms with Crippen LogP contribution >= 0.6 is 0 Å². The van der Waals surface area contributed by atoms with Crippen molar-refractivity contribution in [3.63, 3.8) is 0 Å². The molecule has 0 amide bonds. The molecule has 0 aromatic carbocycles. The fraction of sp³-hybridized carbons (Fsp3) is 0.889. The molecule has 1 N–H and O–H groups in total. The van der Waals surface area contributed by atoms with Gasteiger partial charge in [0.05, 0.1) is 19.3 Å². The van der Waals surface area contributed by atoms with Gasteiger partial charge in [-0.2, -0.15) is 0 Å². The van der Waals surface area contributed by atoms with Crippen molar-refractivity contribution in [1.82, 2.24) is 0 Å². The van der Waals surface area contributed by atoms with Crippen molar-refractivity contribution < 1.29 is 14.4 Å². The van der Waals surface area contributed by atoms with Gasteiger partial charge < -0.3 is 14.4 Å². The van der Waals surface area contributed by atoms with Crippen LogP contribution < -0.4 is 0 Å². The number of allylic oxidation sites excluding steroid dienone is 2. The Morgan fingerprint density at radius 1 is 1.22 bits per heavy atom. The lowest BCUT2D eigenvalue weighted by atomic mass is 9.69. The lowest BCUT2D eigenvalue weighted by Crippen LogP contribution is -2.50. The SMILES string of the molecule is C/C=C\C(CC(O)[Si](C)(C)C(C)(C)C)B1OC2(C)C(C)C2(C)O1. The zero-order chi connectivity index (χ0) is 17.8. The molecule has 5 heteroatoms. The summed E-state index contributed by atoms with van der Waals surface area (Å²) in [4.78, 5) is 0. The van der Waals surface area contributed by atoms with Crippen molar-refractivity contribution in [3.05, 3.63) is 12.2 Å². The van der Waals surface area contributed by atoms with Gasteiger partial charge in [0, 0.05) is 17.5 Å². The van der Waals surface area contributed by atoms with Crippen LogP contribution in [-0.4, -0.2) is 37.2 Å². The minimum atomic E-state index is -1.80. The average molecular weight is 338 g/mol. The molecule has 2 fully saturated rings. The van der Waals surface area contributed by atoms with Gasteiger partial charge in [0.15, 0.2) is 0 Å². The molecule has 1 saturated heterocycles. The van der Waals surface area contributed by atoms with Gasteiger partial charge in [0.25, 0.3) is 0 Å². The summed E-state index contributed by atoms with van der Waals surface area (Å²) >= 11 is 0. The van der Waals surface area contributed by atoms with E-state index in [0.29, 0.717) is 12.3 Å².